The van der Waals surface area contributed by atoms with Gasteiger partial charge in [0.1, 0.15) is 0 Å². The Morgan fingerprint density at radius 3 is 2.52 bits per heavy atom. The summed E-state index contributed by atoms with van der Waals surface area (Å²) in [5.74, 6) is 0.481. The predicted octanol–water partition coefficient (Wildman–Crippen LogP) is 2.49. The maximum absolute atomic E-state index is 12.6. The van der Waals surface area contributed by atoms with E-state index in [4.69, 9.17) is 4.74 Å². The Morgan fingerprint density at radius 1 is 1.32 bits per heavy atom. The average Bonchev–Trinajstić information content (AvgIpc) is 2.93. The molecule has 138 valence electrons. The van der Waals surface area contributed by atoms with Crippen molar-refractivity contribution in [2.24, 2.45) is 0 Å². The molecule has 1 aromatic rings. The molecule has 0 aromatic heterocycles. The number of benzene rings is 1. The van der Waals surface area contributed by atoms with Gasteiger partial charge in [0.15, 0.2) is 9.84 Å². The van der Waals surface area contributed by atoms with Gasteiger partial charge in [-0.05, 0) is 29.5 Å². The Hall–Kier alpha value is -1.66. The van der Waals surface area contributed by atoms with E-state index in [2.05, 4.69) is 26.0 Å². The molecule has 1 fully saturated rings. The monoisotopic (exact) mass is 365 g/mol. The molecule has 1 atom stereocenters. The van der Waals surface area contributed by atoms with Gasteiger partial charge in [-0.2, -0.15) is 0 Å². The first kappa shape index (κ1) is 19.7. The molecule has 0 N–H and O–H groups in total. The van der Waals surface area contributed by atoms with E-state index >= 15 is 0 Å². The number of ether oxygens (including phenoxy) is 1. The van der Waals surface area contributed by atoms with E-state index in [-0.39, 0.29) is 23.5 Å². The number of carbonyl (C=O) groups excluding carboxylic acids is 1. The number of methoxy groups -OCH3 is 1. The van der Waals surface area contributed by atoms with Gasteiger partial charge in [-0.15, -0.1) is 0 Å². The second kappa shape index (κ2) is 8.63. The quantitative estimate of drug-likeness (QED) is 0.697. The third kappa shape index (κ3) is 5.68. The number of rotatable bonds is 7. The normalized spacial score (nSPS) is 19.6. The maximum atomic E-state index is 12.6. The van der Waals surface area contributed by atoms with Crippen LogP contribution in [0.2, 0.25) is 0 Å². The molecule has 2 rings (SSSR count). The summed E-state index contributed by atoms with van der Waals surface area (Å²) >= 11 is 0. The van der Waals surface area contributed by atoms with Gasteiger partial charge in [-0.1, -0.05) is 38.1 Å². The summed E-state index contributed by atoms with van der Waals surface area (Å²) in [5, 5.41) is 0. The van der Waals surface area contributed by atoms with Crippen molar-refractivity contribution in [1.82, 2.24) is 4.90 Å². The lowest BCUT2D eigenvalue weighted by Crippen LogP contribution is -2.42. The van der Waals surface area contributed by atoms with Crippen LogP contribution in [0.1, 0.15) is 37.3 Å². The zero-order valence-electron chi connectivity index (χ0n) is 15.1. The SMILES string of the molecule is COCCN(C(=O)/C=C/c1ccc(C(C)C)cc1)[C@H]1CCS(=O)(=O)C1. The van der Waals surface area contributed by atoms with Crippen molar-refractivity contribution in [1.29, 1.82) is 0 Å². The topological polar surface area (TPSA) is 63.7 Å². The molecule has 1 amide bonds. The van der Waals surface area contributed by atoms with E-state index in [1.807, 2.05) is 12.1 Å². The summed E-state index contributed by atoms with van der Waals surface area (Å²) in [7, 11) is -1.47. The lowest BCUT2D eigenvalue weighted by atomic mass is 10.0. The lowest BCUT2D eigenvalue weighted by Gasteiger charge is -2.26. The first-order chi connectivity index (χ1) is 11.8. The van der Waals surface area contributed by atoms with Crippen molar-refractivity contribution in [3.63, 3.8) is 0 Å². The Morgan fingerprint density at radius 2 is 2.00 bits per heavy atom. The van der Waals surface area contributed by atoms with Crippen molar-refractivity contribution in [2.45, 2.75) is 32.2 Å². The van der Waals surface area contributed by atoms with Crippen LogP contribution in [0.3, 0.4) is 0 Å². The fourth-order valence-corrected chi connectivity index (χ4v) is 4.67. The maximum Gasteiger partial charge on any atom is 0.246 e. The third-order valence-electron chi connectivity index (χ3n) is 4.49. The van der Waals surface area contributed by atoms with Crippen LogP contribution in [0.4, 0.5) is 0 Å². The summed E-state index contributed by atoms with van der Waals surface area (Å²) in [6, 6.07) is 7.82. The van der Waals surface area contributed by atoms with Crippen molar-refractivity contribution in [3.05, 3.63) is 41.5 Å². The molecule has 0 radical (unpaired) electrons. The number of amides is 1. The van der Waals surface area contributed by atoms with Crippen LogP contribution in [0.5, 0.6) is 0 Å². The number of hydrogen-bond acceptors (Lipinski definition) is 4. The molecule has 0 spiro atoms. The number of carbonyl (C=O) groups is 1. The minimum Gasteiger partial charge on any atom is -0.383 e. The molecular weight excluding hydrogens is 338 g/mol. The third-order valence-corrected chi connectivity index (χ3v) is 6.24. The fraction of sp³-hybridized carbons (Fsp3) is 0.526. The molecule has 0 unspecified atom stereocenters. The van der Waals surface area contributed by atoms with E-state index < -0.39 is 9.84 Å². The Labute approximate surface area is 150 Å². The molecule has 6 heteroatoms. The predicted molar refractivity (Wildman–Crippen MR) is 100 cm³/mol. The van der Waals surface area contributed by atoms with E-state index in [1.54, 1.807) is 18.1 Å². The van der Waals surface area contributed by atoms with Crippen molar-refractivity contribution in [3.8, 4) is 0 Å². The molecule has 0 bridgehead atoms. The second-order valence-corrected chi connectivity index (χ2v) is 8.96. The summed E-state index contributed by atoms with van der Waals surface area (Å²) in [4.78, 5) is 14.2. The van der Waals surface area contributed by atoms with Crippen LogP contribution in [0, 0.1) is 0 Å². The summed E-state index contributed by atoms with van der Waals surface area (Å²) < 4.78 is 28.5. The van der Waals surface area contributed by atoms with Crippen LogP contribution < -0.4 is 0 Å². The number of hydrogen-bond donors (Lipinski definition) is 0. The zero-order valence-corrected chi connectivity index (χ0v) is 16.0. The highest BCUT2D eigenvalue weighted by molar-refractivity contribution is 7.91. The van der Waals surface area contributed by atoms with Crippen LogP contribution >= 0.6 is 0 Å². The van der Waals surface area contributed by atoms with Gasteiger partial charge < -0.3 is 9.64 Å². The molecule has 0 aliphatic carbocycles. The number of nitrogens with zero attached hydrogens (tertiary/aromatic N) is 1. The van der Waals surface area contributed by atoms with Gasteiger partial charge in [0.25, 0.3) is 0 Å². The smallest absolute Gasteiger partial charge is 0.246 e. The lowest BCUT2D eigenvalue weighted by molar-refractivity contribution is -0.128. The standard InChI is InChI=1S/C19H27NO4S/c1-15(2)17-7-4-16(5-8-17)6-9-19(21)20(11-12-24-3)18-10-13-25(22,23)14-18/h4-9,15,18H,10-14H2,1-3H3/b9-6+/t18-/m0/s1. The minimum absolute atomic E-state index is 0.0411. The summed E-state index contributed by atoms with van der Waals surface area (Å²) in [6.07, 6.45) is 3.79. The summed E-state index contributed by atoms with van der Waals surface area (Å²) in [5.41, 5.74) is 2.20. The highest BCUT2D eigenvalue weighted by Crippen LogP contribution is 2.19. The van der Waals surface area contributed by atoms with E-state index in [0.29, 0.717) is 25.5 Å². The summed E-state index contributed by atoms with van der Waals surface area (Å²) in [6.45, 7) is 5.06. The average molecular weight is 365 g/mol. The molecule has 1 heterocycles. The van der Waals surface area contributed by atoms with E-state index in [9.17, 15) is 13.2 Å². The molecule has 1 aliphatic heterocycles. The zero-order chi connectivity index (χ0) is 18.4. The highest BCUT2D eigenvalue weighted by Gasteiger charge is 2.33. The molecular formula is C19H27NO4S. The van der Waals surface area contributed by atoms with E-state index in [0.717, 1.165) is 5.56 Å². The van der Waals surface area contributed by atoms with Crippen LogP contribution in [0.15, 0.2) is 30.3 Å². The van der Waals surface area contributed by atoms with Gasteiger partial charge in [-0.25, -0.2) is 8.42 Å². The Balaban J connectivity index is 2.07. The largest absolute Gasteiger partial charge is 0.383 e. The minimum atomic E-state index is -3.04. The fourth-order valence-electron chi connectivity index (χ4n) is 2.94. The van der Waals surface area contributed by atoms with Gasteiger partial charge >= 0.3 is 0 Å². The first-order valence-corrected chi connectivity index (χ1v) is 10.4. The van der Waals surface area contributed by atoms with Crippen molar-refractivity contribution < 1.29 is 17.9 Å². The van der Waals surface area contributed by atoms with Gasteiger partial charge in [0, 0.05) is 25.8 Å². The molecule has 1 saturated heterocycles. The molecule has 25 heavy (non-hydrogen) atoms. The van der Waals surface area contributed by atoms with E-state index in [1.165, 1.54) is 11.6 Å². The number of sulfone groups is 1. The van der Waals surface area contributed by atoms with Gasteiger partial charge in [0.2, 0.25) is 5.91 Å². The van der Waals surface area contributed by atoms with Gasteiger partial charge in [-0.3, -0.25) is 4.79 Å². The van der Waals surface area contributed by atoms with Crippen molar-refractivity contribution in [2.75, 3.05) is 31.8 Å². The van der Waals surface area contributed by atoms with Crippen LogP contribution in [0.25, 0.3) is 6.08 Å². The first-order valence-electron chi connectivity index (χ1n) is 8.60. The van der Waals surface area contributed by atoms with Gasteiger partial charge in [0.05, 0.1) is 18.1 Å². The van der Waals surface area contributed by atoms with Crippen molar-refractivity contribution >= 4 is 21.8 Å². The molecule has 1 aromatic carbocycles. The molecule has 1 aliphatic rings. The Kier molecular flexibility index (Phi) is 6.79. The molecule has 0 saturated carbocycles. The highest BCUT2D eigenvalue weighted by atomic mass is 32.2. The Bertz CT molecular complexity index is 707. The van der Waals surface area contributed by atoms with Crippen LogP contribution in [-0.4, -0.2) is 57.0 Å². The second-order valence-electron chi connectivity index (χ2n) is 6.74. The molecule has 5 nitrogen and oxygen atoms in total. The van der Waals surface area contributed by atoms with Crippen LogP contribution in [-0.2, 0) is 19.4 Å².